The molecule has 1 fully saturated rings. The van der Waals surface area contributed by atoms with E-state index in [2.05, 4.69) is 12.2 Å². The number of carbonyl (C=O) groups is 1. The molecule has 0 bridgehead atoms. The number of thioether (sulfide) groups is 1. The summed E-state index contributed by atoms with van der Waals surface area (Å²) in [4.78, 5) is 11.9. The third-order valence-electron chi connectivity index (χ3n) is 3.53. The van der Waals surface area contributed by atoms with Crippen LogP contribution in [0.4, 0.5) is 11.4 Å². The number of nitrogen functional groups attached to an aromatic ring is 1. The first-order chi connectivity index (χ1) is 9.13. The molecule has 1 aromatic carbocycles. The zero-order valence-electron chi connectivity index (χ0n) is 11.4. The van der Waals surface area contributed by atoms with Gasteiger partial charge in [-0.25, -0.2) is 0 Å². The van der Waals surface area contributed by atoms with Gasteiger partial charge in [0.2, 0.25) is 5.91 Å². The van der Waals surface area contributed by atoms with Crippen molar-refractivity contribution in [1.29, 1.82) is 0 Å². The molecule has 3 nitrogen and oxygen atoms in total. The number of nitrogens with two attached hydrogens (primary N) is 1. The topological polar surface area (TPSA) is 55.1 Å². The second kappa shape index (κ2) is 6.85. The van der Waals surface area contributed by atoms with E-state index in [1.807, 2.05) is 12.1 Å². The number of hydrogen-bond donors (Lipinski definition) is 2. The van der Waals surface area contributed by atoms with Crippen LogP contribution in [-0.2, 0) is 4.79 Å². The van der Waals surface area contributed by atoms with E-state index < -0.39 is 0 Å². The molecule has 0 spiro atoms. The van der Waals surface area contributed by atoms with Crippen LogP contribution in [-0.4, -0.2) is 16.9 Å². The first-order valence-electron chi connectivity index (χ1n) is 6.90. The Balaban J connectivity index is 1.73. The van der Waals surface area contributed by atoms with Crippen molar-refractivity contribution in [2.45, 2.75) is 37.9 Å². The second-order valence-corrected chi connectivity index (χ2v) is 6.66. The normalized spacial score (nSPS) is 23.0. The Kier molecular flexibility index (Phi) is 5.14. The van der Waals surface area contributed by atoms with Crippen molar-refractivity contribution in [3.05, 3.63) is 24.3 Å². The van der Waals surface area contributed by atoms with Gasteiger partial charge in [0.15, 0.2) is 0 Å². The highest BCUT2D eigenvalue weighted by molar-refractivity contribution is 8.00. The molecular weight excluding hydrogens is 256 g/mol. The van der Waals surface area contributed by atoms with Gasteiger partial charge in [-0.3, -0.25) is 4.79 Å². The lowest BCUT2D eigenvalue weighted by Gasteiger charge is -2.25. The lowest BCUT2D eigenvalue weighted by molar-refractivity contribution is -0.113. The maximum Gasteiger partial charge on any atom is 0.234 e. The second-order valence-electron chi connectivity index (χ2n) is 5.37. The van der Waals surface area contributed by atoms with E-state index in [-0.39, 0.29) is 5.91 Å². The molecule has 1 aliphatic rings. The van der Waals surface area contributed by atoms with Crippen LogP contribution in [0.5, 0.6) is 0 Å². The van der Waals surface area contributed by atoms with Crippen LogP contribution in [0.1, 0.15) is 32.6 Å². The molecule has 19 heavy (non-hydrogen) atoms. The van der Waals surface area contributed by atoms with E-state index in [0.29, 0.717) is 16.7 Å². The van der Waals surface area contributed by atoms with Gasteiger partial charge in [0.05, 0.1) is 5.75 Å². The van der Waals surface area contributed by atoms with E-state index in [9.17, 15) is 4.79 Å². The number of hydrogen-bond acceptors (Lipinski definition) is 3. The van der Waals surface area contributed by atoms with Crippen LogP contribution in [0.15, 0.2) is 24.3 Å². The highest BCUT2D eigenvalue weighted by Crippen LogP contribution is 2.31. The minimum Gasteiger partial charge on any atom is -0.399 e. The minimum absolute atomic E-state index is 0.0768. The lowest BCUT2D eigenvalue weighted by Crippen LogP contribution is -2.20. The van der Waals surface area contributed by atoms with Gasteiger partial charge in [-0.1, -0.05) is 19.8 Å². The number of carbonyl (C=O) groups excluding carboxylic acids is 1. The van der Waals surface area contributed by atoms with Gasteiger partial charge in [-0.05, 0) is 43.0 Å². The summed E-state index contributed by atoms with van der Waals surface area (Å²) in [5, 5.41) is 3.56. The number of rotatable bonds is 4. The van der Waals surface area contributed by atoms with Crippen LogP contribution < -0.4 is 11.1 Å². The quantitative estimate of drug-likeness (QED) is 0.829. The predicted octanol–water partition coefficient (Wildman–Crippen LogP) is 3.52. The van der Waals surface area contributed by atoms with Gasteiger partial charge in [-0.2, -0.15) is 0 Å². The Morgan fingerprint density at radius 1 is 1.37 bits per heavy atom. The van der Waals surface area contributed by atoms with Crippen molar-refractivity contribution in [2.75, 3.05) is 16.8 Å². The molecule has 0 heterocycles. The zero-order chi connectivity index (χ0) is 13.7. The highest BCUT2D eigenvalue weighted by atomic mass is 32.2. The fourth-order valence-corrected chi connectivity index (χ4v) is 3.74. The smallest absolute Gasteiger partial charge is 0.234 e. The van der Waals surface area contributed by atoms with Gasteiger partial charge < -0.3 is 11.1 Å². The molecule has 2 atom stereocenters. The SMILES string of the molecule is CC1CCCC(SCC(=O)Nc2ccc(N)cc2)C1. The van der Waals surface area contributed by atoms with Crippen molar-refractivity contribution in [2.24, 2.45) is 5.92 Å². The molecule has 2 unspecified atom stereocenters. The average molecular weight is 278 g/mol. The monoisotopic (exact) mass is 278 g/mol. The summed E-state index contributed by atoms with van der Waals surface area (Å²) in [5.74, 6) is 1.43. The van der Waals surface area contributed by atoms with Crippen LogP contribution in [0.3, 0.4) is 0 Å². The minimum atomic E-state index is 0.0768. The van der Waals surface area contributed by atoms with E-state index in [1.54, 1.807) is 23.9 Å². The maximum atomic E-state index is 11.9. The van der Waals surface area contributed by atoms with Crippen molar-refractivity contribution in [3.8, 4) is 0 Å². The summed E-state index contributed by atoms with van der Waals surface area (Å²) in [6.45, 7) is 2.31. The Bertz CT molecular complexity index is 419. The van der Waals surface area contributed by atoms with Crippen LogP contribution in [0, 0.1) is 5.92 Å². The third kappa shape index (κ3) is 4.78. The molecule has 2 rings (SSSR count). The summed E-state index contributed by atoms with van der Waals surface area (Å²) in [6, 6.07) is 7.26. The summed E-state index contributed by atoms with van der Waals surface area (Å²) in [5.41, 5.74) is 7.14. The number of benzene rings is 1. The summed E-state index contributed by atoms with van der Waals surface area (Å²) in [7, 11) is 0. The van der Waals surface area contributed by atoms with Crippen molar-refractivity contribution < 1.29 is 4.79 Å². The van der Waals surface area contributed by atoms with Crippen molar-refractivity contribution in [1.82, 2.24) is 0 Å². The molecule has 0 saturated heterocycles. The van der Waals surface area contributed by atoms with E-state index in [1.165, 1.54) is 25.7 Å². The third-order valence-corrected chi connectivity index (χ3v) is 4.86. The number of anilines is 2. The highest BCUT2D eigenvalue weighted by Gasteiger charge is 2.19. The van der Waals surface area contributed by atoms with E-state index >= 15 is 0 Å². The maximum absolute atomic E-state index is 11.9. The summed E-state index contributed by atoms with van der Waals surface area (Å²) >= 11 is 1.79. The van der Waals surface area contributed by atoms with Gasteiger partial charge in [0, 0.05) is 16.6 Å². The molecule has 0 aromatic heterocycles. The van der Waals surface area contributed by atoms with E-state index in [4.69, 9.17) is 5.73 Å². The zero-order valence-corrected chi connectivity index (χ0v) is 12.2. The Morgan fingerprint density at radius 3 is 2.79 bits per heavy atom. The number of nitrogens with one attached hydrogen (secondary N) is 1. The summed E-state index contributed by atoms with van der Waals surface area (Å²) in [6.07, 6.45) is 5.15. The van der Waals surface area contributed by atoms with Crippen molar-refractivity contribution in [3.63, 3.8) is 0 Å². The van der Waals surface area contributed by atoms with Crippen molar-refractivity contribution >= 4 is 29.0 Å². The molecule has 1 amide bonds. The molecule has 1 aromatic rings. The molecule has 0 radical (unpaired) electrons. The number of amides is 1. The van der Waals surface area contributed by atoms with Gasteiger partial charge in [0.25, 0.3) is 0 Å². The molecule has 0 aliphatic heterocycles. The first kappa shape index (κ1) is 14.3. The Labute approximate surface area is 119 Å². The summed E-state index contributed by atoms with van der Waals surface area (Å²) < 4.78 is 0. The van der Waals surface area contributed by atoms with E-state index in [0.717, 1.165) is 11.6 Å². The van der Waals surface area contributed by atoms with Gasteiger partial charge in [0.1, 0.15) is 0 Å². The standard InChI is InChI=1S/C15H22N2OS/c1-11-3-2-4-14(9-11)19-10-15(18)17-13-7-5-12(16)6-8-13/h5-8,11,14H,2-4,9-10,16H2,1H3,(H,17,18). The van der Waals surface area contributed by atoms with Gasteiger partial charge in [-0.15, -0.1) is 11.8 Å². The molecule has 1 saturated carbocycles. The predicted molar refractivity (Wildman–Crippen MR) is 83.4 cm³/mol. The molecule has 104 valence electrons. The average Bonchev–Trinajstić information content (AvgIpc) is 2.39. The lowest BCUT2D eigenvalue weighted by atomic mass is 9.91. The first-order valence-corrected chi connectivity index (χ1v) is 7.95. The van der Waals surface area contributed by atoms with Gasteiger partial charge >= 0.3 is 0 Å². The molecular formula is C15H22N2OS. The molecule has 4 heteroatoms. The largest absolute Gasteiger partial charge is 0.399 e. The Hall–Kier alpha value is -1.16. The fourth-order valence-electron chi connectivity index (χ4n) is 2.49. The Morgan fingerprint density at radius 2 is 2.11 bits per heavy atom. The molecule has 1 aliphatic carbocycles. The fraction of sp³-hybridized carbons (Fsp3) is 0.533. The molecule has 3 N–H and O–H groups in total. The van der Waals surface area contributed by atoms with Crippen LogP contribution in [0.25, 0.3) is 0 Å². The van der Waals surface area contributed by atoms with Crippen LogP contribution in [0.2, 0.25) is 0 Å². The van der Waals surface area contributed by atoms with Crippen LogP contribution >= 0.6 is 11.8 Å².